The molecule has 1 atom stereocenters. The third-order valence-corrected chi connectivity index (χ3v) is 6.25. The van der Waals surface area contributed by atoms with Gasteiger partial charge in [-0.15, -0.1) is 0 Å². The maximum absolute atomic E-state index is 11.6. The number of benzene rings is 3. The standard InChI is InChI=1S/C29H28N2O2/c32-29(28(23-9-3-1-4-10-23)24-11-5-2-6-12-24)25-13-14-27-26(18-25)21-31(16-17-33-27)20-22-8-7-15-30-19-22/h1-15,18-19,28-29,32H,16-17,20-21H2/t29-/m0/s1. The molecule has 5 rings (SSSR count). The van der Waals surface area contributed by atoms with Crippen molar-refractivity contribution in [3.05, 3.63) is 131 Å². The van der Waals surface area contributed by atoms with Crippen LogP contribution in [0, 0.1) is 0 Å². The Morgan fingerprint density at radius 1 is 0.848 bits per heavy atom. The fraction of sp³-hybridized carbons (Fsp3) is 0.207. The van der Waals surface area contributed by atoms with E-state index in [1.54, 1.807) is 6.20 Å². The zero-order chi connectivity index (χ0) is 22.5. The summed E-state index contributed by atoms with van der Waals surface area (Å²) in [7, 11) is 0. The highest BCUT2D eigenvalue weighted by atomic mass is 16.5. The molecule has 0 amide bonds. The molecule has 0 spiro atoms. The second kappa shape index (κ2) is 9.99. The van der Waals surface area contributed by atoms with E-state index >= 15 is 0 Å². The first-order valence-corrected chi connectivity index (χ1v) is 11.4. The maximum atomic E-state index is 11.6. The van der Waals surface area contributed by atoms with E-state index < -0.39 is 6.10 Å². The molecule has 1 aromatic heterocycles. The summed E-state index contributed by atoms with van der Waals surface area (Å²) in [5.41, 5.74) is 5.39. The van der Waals surface area contributed by atoms with E-state index in [4.69, 9.17) is 4.74 Å². The molecule has 4 nitrogen and oxygen atoms in total. The number of pyridine rings is 1. The third-order valence-electron chi connectivity index (χ3n) is 6.25. The van der Waals surface area contributed by atoms with E-state index in [0.29, 0.717) is 6.61 Å². The number of rotatable bonds is 6. The molecule has 0 aliphatic carbocycles. The van der Waals surface area contributed by atoms with Gasteiger partial charge < -0.3 is 9.84 Å². The first-order chi connectivity index (χ1) is 16.3. The van der Waals surface area contributed by atoms with Gasteiger partial charge in [0.1, 0.15) is 12.4 Å². The molecule has 0 fully saturated rings. The normalized spacial score (nSPS) is 14.8. The SMILES string of the molecule is O[C@@H](c1ccc2c(c1)CN(Cc1cccnc1)CCO2)C(c1ccccc1)c1ccccc1. The highest BCUT2D eigenvalue weighted by Gasteiger charge is 2.26. The first-order valence-electron chi connectivity index (χ1n) is 11.4. The third kappa shape index (κ3) is 4.98. The quantitative estimate of drug-likeness (QED) is 0.443. The average molecular weight is 437 g/mol. The van der Waals surface area contributed by atoms with Gasteiger partial charge in [0.2, 0.25) is 0 Å². The van der Waals surface area contributed by atoms with Crippen molar-refractivity contribution in [2.75, 3.05) is 13.2 Å². The molecule has 0 unspecified atom stereocenters. The van der Waals surface area contributed by atoms with Crippen molar-refractivity contribution in [2.45, 2.75) is 25.1 Å². The number of hydrogen-bond donors (Lipinski definition) is 1. The van der Waals surface area contributed by atoms with Crippen LogP contribution in [0.4, 0.5) is 0 Å². The molecule has 0 radical (unpaired) electrons. The molecule has 0 bridgehead atoms. The molecule has 1 aliphatic heterocycles. The van der Waals surface area contributed by atoms with Crippen LogP contribution in [0.3, 0.4) is 0 Å². The van der Waals surface area contributed by atoms with Crippen LogP contribution in [0.2, 0.25) is 0 Å². The van der Waals surface area contributed by atoms with Crippen molar-refractivity contribution in [1.29, 1.82) is 0 Å². The van der Waals surface area contributed by atoms with Gasteiger partial charge in [0, 0.05) is 43.5 Å². The lowest BCUT2D eigenvalue weighted by molar-refractivity contribution is 0.159. The van der Waals surface area contributed by atoms with E-state index in [9.17, 15) is 5.11 Å². The number of hydrogen-bond acceptors (Lipinski definition) is 4. The highest BCUT2D eigenvalue weighted by Crippen LogP contribution is 2.38. The monoisotopic (exact) mass is 436 g/mol. The van der Waals surface area contributed by atoms with Gasteiger partial charge in [-0.25, -0.2) is 0 Å². The van der Waals surface area contributed by atoms with Crippen LogP contribution >= 0.6 is 0 Å². The second-order valence-electron chi connectivity index (χ2n) is 8.53. The van der Waals surface area contributed by atoms with Crippen molar-refractivity contribution in [3.8, 4) is 5.75 Å². The van der Waals surface area contributed by atoms with Crippen molar-refractivity contribution in [3.63, 3.8) is 0 Å². The predicted molar refractivity (Wildman–Crippen MR) is 130 cm³/mol. The molecule has 2 heterocycles. The highest BCUT2D eigenvalue weighted by molar-refractivity contribution is 5.42. The lowest BCUT2D eigenvalue weighted by Crippen LogP contribution is -2.25. The number of aromatic nitrogens is 1. The van der Waals surface area contributed by atoms with Gasteiger partial charge in [-0.2, -0.15) is 0 Å². The molecule has 3 aromatic carbocycles. The number of ether oxygens (including phenoxy) is 1. The Hall–Kier alpha value is -3.47. The van der Waals surface area contributed by atoms with Gasteiger partial charge in [0.05, 0.1) is 6.10 Å². The zero-order valence-electron chi connectivity index (χ0n) is 18.5. The summed E-state index contributed by atoms with van der Waals surface area (Å²) in [6.07, 6.45) is 3.04. The van der Waals surface area contributed by atoms with E-state index in [0.717, 1.165) is 47.6 Å². The number of aliphatic hydroxyl groups is 1. The van der Waals surface area contributed by atoms with Crippen molar-refractivity contribution < 1.29 is 9.84 Å². The molecule has 4 heteroatoms. The Labute approximate surface area is 195 Å². The summed E-state index contributed by atoms with van der Waals surface area (Å²) in [5, 5.41) is 11.6. The van der Waals surface area contributed by atoms with Crippen LogP contribution in [-0.2, 0) is 13.1 Å². The fourth-order valence-electron chi connectivity index (χ4n) is 4.61. The minimum absolute atomic E-state index is 0.149. The molecule has 4 aromatic rings. The fourth-order valence-corrected chi connectivity index (χ4v) is 4.61. The number of nitrogens with zero attached hydrogens (tertiary/aromatic N) is 2. The predicted octanol–water partition coefficient (Wildman–Crippen LogP) is 5.34. The molecule has 0 saturated heterocycles. The number of aliphatic hydroxyl groups excluding tert-OH is 1. The molecular formula is C29H28N2O2. The van der Waals surface area contributed by atoms with E-state index in [1.807, 2.05) is 60.8 Å². The molecular weight excluding hydrogens is 408 g/mol. The lowest BCUT2D eigenvalue weighted by Gasteiger charge is -2.25. The summed E-state index contributed by atoms with van der Waals surface area (Å²) < 4.78 is 6.04. The Kier molecular flexibility index (Phi) is 6.47. The van der Waals surface area contributed by atoms with Gasteiger partial charge in [0.15, 0.2) is 0 Å². The minimum Gasteiger partial charge on any atom is -0.492 e. The molecule has 1 N–H and O–H groups in total. The number of fused-ring (bicyclic) bond motifs is 1. The van der Waals surface area contributed by atoms with Crippen LogP contribution in [-0.4, -0.2) is 28.1 Å². The zero-order valence-corrected chi connectivity index (χ0v) is 18.5. The van der Waals surface area contributed by atoms with E-state index in [2.05, 4.69) is 46.3 Å². The Morgan fingerprint density at radius 2 is 1.58 bits per heavy atom. The Morgan fingerprint density at radius 3 is 2.24 bits per heavy atom. The Balaban J connectivity index is 1.44. The second-order valence-corrected chi connectivity index (χ2v) is 8.53. The van der Waals surface area contributed by atoms with Crippen LogP contribution in [0.15, 0.2) is 103 Å². The summed E-state index contributed by atoms with van der Waals surface area (Å²) in [5.74, 6) is 0.749. The van der Waals surface area contributed by atoms with Crippen LogP contribution in [0.1, 0.15) is 39.8 Å². The molecule has 0 saturated carbocycles. The van der Waals surface area contributed by atoms with Gasteiger partial charge >= 0.3 is 0 Å². The maximum Gasteiger partial charge on any atom is 0.123 e. The van der Waals surface area contributed by atoms with Crippen LogP contribution in [0.25, 0.3) is 0 Å². The first kappa shape index (κ1) is 21.4. The van der Waals surface area contributed by atoms with E-state index in [-0.39, 0.29) is 5.92 Å². The van der Waals surface area contributed by atoms with Crippen molar-refractivity contribution >= 4 is 0 Å². The summed E-state index contributed by atoms with van der Waals surface area (Å²) in [6.45, 7) is 3.08. The van der Waals surface area contributed by atoms with Gasteiger partial charge in [-0.05, 0) is 40.5 Å². The van der Waals surface area contributed by atoms with Gasteiger partial charge in [-0.1, -0.05) is 72.8 Å². The smallest absolute Gasteiger partial charge is 0.123 e. The summed E-state index contributed by atoms with van der Waals surface area (Å²) in [4.78, 5) is 6.61. The molecule has 33 heavy (non-hydrogen) atoms. The topological polar surface area (TPSA) is 45.6 Å². The van der Waals surface area contributed by atoms with Crippen molar-refractivity contribution in [1.82, 2.24) is 9.88 Å². The minimum atomic E-state index is -0.671. The largest absolute Gasteiger partial charge is 0.492 e. The Bertz CT molecular complexity index is 1130. The summed E-state index contributed by atoms with van der Waals surface area (Å²) in [6, 6.07) is 30.7. The average Bonchev–Trinajstić information content (AvgIpc) is 3.07. The molecule has 166 valence electrons. The lowest BCUT2D eigenvalue weighted by atomic mass is 9.83. The molecule has 1 aliphatic rings. The summed E-state index contributed by atoms with van der Waals surface area (Å²) >= 11 is 0. The van der Waals surface area contributed by atoms with Gasteiger partial charge in [0.25, 0.3) is 0 Å². The van der Waals surface area contributed by atoms with Crippen LogP contribution < -0.4 is 4.74 Å². The van der Waals surface area contributed by atoms with Crippen molar-refractivity contribution in [2.24, 2.45) is 0 Å². The van der Waals surface area contributed by atoms with E-state index in [1.165, 1.54) is 5.56 Å². The van der Waals surface area contributed by atoms with Gasteiger partial charge in [-0.3, -0.25) is 9.88 Å². The van der Waals surface area contributed by atoms with Crippen LogP contribution in [0.5, 0.6) is 5.75 Å².